The standard InChI is InChI=1S/C10H19ClO2/c1-3-4-5-6-7-8-10(12)13-9(2)11/h9H,3-8H2,1-2H3. The third-order valence-corrected chi connectivity index (χ3v) is 1.87. The van der Waals surface area contributed by atoms with Gasteiger partial charge in [0.2, 0.25) is 0 Å². The van der Waals surface area contributed by atoms with Gasteiger partial charge in [-0.15, -0.1) is 0 Å². The van der Waals surface area contributed by atoms with Crippen molar-refractivity contribution in [2.24, 2.45) is 0 Å². The summed E-state index contributed by atoms with van der Waals surface area (Å²) in [4.78, 5) is 11.0. The molecule has 0 aromatic heterocycles. The molecule has 0 fully saturated rings. The van der Waals surface area contributed by atoms with Crippen molar-refractivity contribution in [2.75, 3.05) is 0 Å². The van der Waals surface area contributed by atoms with Crippen molar-refractivity contribution in [3.63, 3.8) is 0 Å². The molecule has 3 heteroatoms. The lowest BCUT2D eigenvalue weighted by Gasteiger charge is -2.05. The highest BCUT2D eigenvalue weighted by atomic mass is 35.5. The molecular weight excluding hydrogens is 188 g/mol. The molecule has 0 aromatic rings. The summed E-state index contributed by atoms with van der Waals surface area (Å²) < 4.78 is 4.78. The van der Waals surface area contributed by atoms with Gasteiger partial charge in [0.25, 0.3) is 0 Å². The zero-order chi connectivity index (χ0) is 10.1. The van der Waals surface area contributed by atoms with Gasteiger partial charge in [-0.2, -0.15) is 0 Å². The average Bonchev–Trinajstić information content (AvgIpc) is 2.02. The summed E-state index contributed by atoms with van der Waals surface area (Å²) >= 11 is 5.49. The van der Waals surface area contributed by atoms with Crippen LogP contribution in [0.4, 0.5) is 0 Å². The fraction of sp³-hybridized carbons (Fsp3) is 0.900. The van der Waals surface area contributed by atoms with Crippen LogP contribution in [0.25, 0.3) is 0 Å². The maximum atomic E-state index is 11.0. The maximum Gasteiger partial charge on any atom is 0.307 e. The molecule has 0 aliphatic carbocycles. The molecule has 0 radical (unpaired) electrons. The number of hydrogen-bond acceptors (Lipinski definition) is 2. The van der Waals surface area contributed by atoms with Crippen LogP contribution in [-0.4, -0.2) is 11.5 Å². The fourth-order valence-electron chi connectivity index (χ4n) is 1.11. The van der Waals surface area contributed by atoms with Gasteiger partial charge in [0, 0.05) is 6.42 Å². The van der Waals surface area contributed by atoms with Crippen LogP contribution in [-0.2, 0) is 9.53 Å². The Morgan fingerprint density at radius 2 is 1.92 bits per heavy atom. The van der Waals surface area contributed by atoms with Crippen LogP contribution in [0.5, 0.6) is 0 Å². The minimum absolute atomic E-state index is 0.181. The van der Waals surface area contributed by atoms with E-state index in [2.05, 4.69) is 6.92 Å². The van der Waals surface area contributed by atoms with Crippen molar-refractivity contribution in [3.05, 3.63) is 0 Å². The predicted octanol–water partition coefficient (Wildman–Crippen LogP) is 3.47. The van der Waals surface area contributed by atoms with Crippen LogP contribution in [0.3, 0.4) is 0 Å². The number of hydrogen-bond donors (Lipinski definition) is 0. The van der Waals surface area contributed by atoms with E-state index >= 15 is 0 Å². The summed E-state index contributed by atoms with van der Waals surface area (Å²) in [6.45, 7) is 3.82. The van der Waals surface area contributed by atoms with Crippen LogP contribution in [0.1, 0.15) is 52.4 Å². The van der Waals surface area contributed by atoms with Crippen LogP contribution in [0, 0.1) is 0 Å². The van der Waals surface area contributed by atoms with E-state index < -0.39 is 5.56 Å². The van der Waals surface area contributed by atoms with Crippen molar-refractivity contribution in [1.29, 1.82) is 0 Å². The molecule has 2 nitrogen and oxygen atoms in total. The third kappa shape index (κ3) is 9.68. The summed E-state index contributed by atoms with van der Waals surface area (Å²) in [6.07, 6.45) is 6.22. The highest BCUT2D eigenvalue weighted by molar-refractivity contribution is 6.19. The first kappa shape index (κ1) is 12.8. The lowest BCUT2D eigenvalue weighted by molar-refractivity contribution is -0.144. The molecule has 0 amide bonds. The molecular formula is C10H19ClO2. The number of rotatable bonds is 7. The summed E-state index contributed by atoms with van der Waals surface area (Å²) in [7, 11) is 0. The van der Waals surface area contributed by atoms with Crippen LogP contribution >= 0.6 is 11.6 Å². The fourth-order valence-corrected chi connectivity index (χ4v) is 1.21. The normalized spacial score (nSPS) is 12.5. The van der Waals surface area contributed by atoms with E-state index in [1.165, 1.54) is 19.3 Å². The Labute approximate surface area is 85.6 Å². The molecule has 1 unspecified atom stereocenters. The zero-order valence-corrected chi connectivity index (χ0v) is 9.27. The van der Waals surface area contributed by atoms with Crippen molar-refractivity contribution in [1.82, 2.24) is 0 Å². The van der Waals surface area contributed by atoms with E-state index in [0.717, 1.165) is 12.8 Å². The number of ether oxygens (including phenoxy) is 1. The molecule has 0 bridgehead atoms. The van der Waals surface area contributed by atoms with Gasteiger partial charge in [-0.3, -0.25) is 4.79 Å². The molecule has 0 spiro atoms. The highest BCUT2D eigenvalue weighted by Gasteiger charge is 2.05. The second-order valence-electron chi connectivity index (χ2n) is 3.20. The molecule has 0 aliphatic heterocycles. The summed E-state index contributed by atoms with van der Waals surface area (Å²) in [5.74, 6) is -0.181. The lowest BCUT2D eigenvalue weighted by Crippen LogP contribution is -2.08. The largest absolute Gasteiger partial charge is 0.446 e. The molecule has 78 valence electrons. The topological polar surface area (TPSA) is 26.3 Å². The Balaban J connectivity index is 3.17. The molecule has 0 heterocycles. The monoisotopic (exact) mass is 206 g/mol. The minimum atomic E-state index is -0.497. The van der Waals surface area contributed by atoms with Crippen molar-refractivity contribution in [3.8, 4) is 0 Å². The highest BCUT2D eigenvalue weighted by Crippen LogP contribution is 2.07. The van der Waals surface area contributed by atoms with Gasteiger partial charge >= 0.3 is 5.97 Å². The molecule has 13 heavy (non-hydrogen) atoms. The van der Waals surface area contributed by atoms with E-state index in [9.17, 15) is 4.79 Å². The SMILES string of the molecule is CCCCCCCC(=O)OC(C)Cl. The second kappa shape index (κ2) is 8.36. The Bertz CT molecular complexity index is 135. The quantitative estimate of drug-likeness (QED) is 0.362. The summed E-state index contributed by atoms with van der Waals surface area (Å²) in [6, 6.07) is 0. The van der Waals surface area contributed by atoms with Gasteiger partial charge in [0.1, 0.15) is 0 Å². The summed E-state index contributed by atoms with van der Waals surface area (Å²) in [5.41, 5.74) is -0.497. The molecule has 0 rings (SSSR count). The van der Waals surface area contributed by atoms with Crippen molar-refractivity contribution in [2.45, 2.75) is 57.9 Å². The second-order valence-corrected chi connectivity index (χ2v) is 3.81. The van der Waals surface area contributed by atoms with E-state index in [0.29, 0.717) is 6.42 Å². The van der Waals surface area contributed by atoms with Gasteiger partial charge in [0.05, 0.1) is 0 Å². The Morgan fingerprint density at radius 1 is 1.31 bits per heavy atom. The van der Waals surface area contributed by atoms with E-state index in [1.54, 1.807) is 6.92 Å². The first-order valence-corrected chi connectivity index (χ1v) is 5.44. The van der Waals surface area contributed by atoms with E-state index in [1.807, 2.05) is 0 Å². The number of unbranched alkanes of at least 4 members (excludes halogenated alkanes) is 4. The zero-order valence-electron chi connectivity index (χ0n) is 8.51. The predicted molar refractivity (Wildman–Crippen MR) is 54.8 cm³/mol. The number of carbonyl (C=O) groups excluding carboxylic acids is 1. The van der Waals surface area contributed by atoms with Crippen molar-refractivity contribution >= 4 is 17.6 Å². The van der Waals surface area contributed by atoms with Crippen molar-refractivity contribution < 1.29 is 9.53 Å². The number of carbonyl (C=O) groups is 1. The minimum Gasteiger partial charge on any atom is -0.446 e. The van der Waals surface area contributed by atoms with Crippen LogP contribution in [0.2, 0.25) is 0 Å². The van der Waals surface area contributed by atoms with Gasteiger partial charge in [-0.25, -0.2) is 0 Å². The van der Waals surface area contributed by atoms with Gasteiger partial charge in [-0.05, 0) is 13.3 Å². The van der Waals surface area contributed by atoms with Crippen LogP contribution < -0.4 is 0 Å². The van der Waals surface area contributed by atoms with Crippen LogP contribution in [0.15, 0.2) is 0 Å². The lowest BCUT2D eigenvalue weighted by atomic mass is 10.1. The average molecular weight is 207 g/mol. The smallest absolute Gasteiger partial charge is 0.307 e. The molecule has 0 aliphatic rings. The number of esters is 1. The molecule has 0 saturated heterocycles. The van der Waals surface area contributed by atoms with Gasteiger partial charge < -0.3 is 4.74 Å². The third-order valence-electron chi connectivity index (χ3n) is 1.78. The molecule has 0 aromatic carbocycles. The first-order chi connectivity index (χ1) is 6.16. The van der Waals surface area contributed by atoms with E-state index in [4.69, 9.17) is 16.3 Å². The first-order valence-electron chi connectivity index (χ1n) is 5.00. The molecule has 0 saturated carbocycles. The Kier molecular flexibility index (Phi) is 8.21. The maximum absolute atomic E-state index is 11.0. The van der Waals surface area contributed by atoms with E-state index in [-0.39, 0.29) is 5.97 Å². The number of alkyl halides is 1. The Morgan fingerprint density at radius 3 is 2.46 bits per heavy atom. The Hall–Kier alpha value is -0.240. The molecule has 1 atom stereocenters. The van der Waals surface area contributed by atoms with Gasteiger partial charge in [0.15, 0.2) is 5.56 Å². The number of halogens is 1. The summed E-state index contributed by atoms with van der Waals surface area (Å²) in [5, 5.41) is 0. The van der Waals surface area contributed by atoms with Gasteiger partial charge in [-0.1, -0.05) is 44.2 Å². The molecule has 0 N–H and O–H groups in total.